The molecule has 1 aromatic heterocycles. The summed E-state index contributed by atoms with van der Waals surface area (Å²) in [5.74, 6) is 0.0922. The average Bonchev–Trinajstić information content (AvgIpc) is 2.64. The fraction of sp³-hybridized carbons (Fsp3) is 0.190. The molecule has 2 unspecified atom stereocenters. The number of hydrogen-bond acceptors (Lipinski definition) is 3. The Kier molecular flexibility index (Phi) is 5.71. The predicted molar refractivity (Wildman–Crippen MR) is 105 cm³/mol. The minimum atomic E-state index is -0.411. The number of pyridine rings is 1. The zero-order valence-electron chi connectivity index (χ0n) is 14.0. The fourth-order valence-corrected chi connectivity index (χ4v) is 3.61. The number of aromatic nitrogens is 1. The molecule has 0 amide bonds. The molecule has 25 heavy (non-hydrogen) atoms. The molecule has 2 aromatic carbocycles. The molecule has 3 aromatic rings. The molecule has 3 nitrogen and oxygen atoms in total. The van der Waals surface area contributed by atoms with E-state index in [1.54, 1.807) is 12.4 Å². The molecule has 4 heteroatoms. The minimum absolute atomic E-state index is 0.0922. The van der Waals surface area contributed by atoms with Crippen LogP contribution in [0.1, 0.15) is 40.6 Å². The Morgan fingerprint density at radius 1 is 1.00 bits per heavy atom. The summed E-state index contributed by atoms with van der Waals surface area (Å²) in [6.07, 6.45) is 4.03. The van der Waals surface area contributed by atoms with Gasteiger partial charge in [0.15, 0.2) is 0 Å². The van der Waals surface area contributed by atoms with Crippen molar-refractivity contribution in [1.29, 1.82) is 0 Å². The summed E-state index contributed by atoms with van der Waals surface area (Å²) in [4.78, 5) is 15.6. The van der Waals surface area contributed by atoms with Crippen molar-refractivity contribution in [3.63, 3.8) is 0 Å². The molecule has 0 saturated carbocycles. The van der Waals surface area contributed by atoms with Crippen molar-refractivity contribution in [2.24, 2.45) is 5.18 Å². The SMILES string of the molecule is Cc1ccccc1C(CC(N=O)c1ccncc1)c1cccc(Br)c1. The van der Waals surface area contributed by atoms with Gasteiger partial charge in [-0.1, -0.05) is 57.5 Å². The quantitative estimate of drug-likeness (QED) is 0.468. The highest BCUT2D eigenvalue weighted by Gasteiger charge is 2.23. The maximum absolute atomic E-state index is 11.6. The minimum Gasteiger partial charge on any atom is -0.265 e. The van der Waals surface area contributed by atoms with E-state index < -0.39 is 6.04 Å². The summed E-state index contributed by atoms with van der Waals surface area (Å²) < 4.78 is 1.03. The van der Waals surface area contributed by atoms with Crippen molar-refractivity contribution in [3.05, 3.63) is 105 Å². The van der Waals surface area contributed by atoms with Crippen LogP contribution in [-0.2, 0) is 0 Å². The number of nitrogens with zero attached hydrogens (tertiary/aromatic N) is 2. The van der Waals surface area contributed by atoms with Crippen LogP contribution in [0.4, 0.5) is 0 Å². The van der Waals surface area contributed by atoms with Crippen LogP contribution < -0.4 is 0 Å². The van der Waals surface area contributed by atoms with E-state index in [9.17, 15) is 4.91 Å². The van der Waals surface area contributed by atoms with E-state index in [-0.39, 0.29) is 5.92 Å². The molecule has 0 saturated heterocycles. The summed E-state index contributed by atoms with van der Waals surface area (Å²) in [6, 6.07) is 19.9. The summed E-state index contributed by atoms with van der Waals surface area (Å²) in [5.41, 5.74) is 4.51. The van der Waals surface area contributed by atoms with Gasteiger partial charge in [-0.15, -0.1) is 0 Å². The van der Waals surface area contributed by atoms with Crippen LogP contribution >= 0.6 is 15.9 Å². The number of halogens is 1. The molecular formula is C21H19BrN2O. The van der Waals surface area contributed by atoms with Crippen molar-refractivity contribution in [2.45, 2.75) is 25.3 Å². The summed E-state index contributed by atoms with van der Waals surface area (Å²) >= 11 is 3.56. The highest BCUT2D eigenvalue weighted by atomic mass is 79.9. The molecule has 0 aliphatic heterocycles. The first-order chi connectivity index (χ1) is 12.2. The highest BCUT2D eigenvalue weighted by Crippen LogP contribution is 2.37. The Labute approximate surface area is 156 Å². The molecule has 126 valence electrons. The van der Waals surface area contributed by atoms with Gasteiger partial charge in [-0.3, -0.25) is 4.98 Å². The lowest BCUT2D eigenvalue weighted by Gasteiger charge is -2.23. The van der Waals surface area contributed by atoms with Crippen LogP contribution in [0, 0.1) is 11.8 Å². The van der Waals surface area contributed by atoms with Crippen LogP contribution in [0.5, 0.6) is 0 Å². The third-order valence-electron chi connectivity index (χ3n) is 4.49. The van der Waals surface area contributed by atoms with Gasteiger partial charge in [-0.2, -0.15) is 4.91 Å². The first-order valence-corrected chi connectivity index (χ1v) is 9.01. The zero-order chi connectivity index (χ0) is 17.6. The summed E-state index contributed by atoms with van der Waals surface area (Å²) in [7, 11) is 0. The second-order valence-corrected chi connectivity index (χ2v) is 7.02. The largest absolute Gasteiger partial charge is 0.265 e. The van der Waals surface area contributed by atoms with Gasteiger partial charge in [0.2, 0.25) is 0 Å². The van der Waals surface area contributed by atoms with Crippen LogP contribution in [0.2, 0.25) is 0 Å². The first kappa shape index (κ1) is 17.5. The highest BCUT2D eigenvalue weighted by molar-refractivity contribution is 9.10. The Balaban J connectivity index is 2.02. The summed E-state index contributed by atoms with van der Waals surface area (Å²) in [5, 5.41) is 3.41. The van der Waals surface area contributed by atoms with E-state index in [4.69, 9.17) is 0 Å². The maximum atomic E-state index is 11.6. The smallest absolute Gasteiger partial charge is 0.118 e. The number of aryl methyl sites for hydroxylation is 1. The van der Waals surface area contributed by atoms with Gasteiger partial charge in [0.1, 0.15) is 6.04 Å². The van der Waals surface area contributed by atoms with E-state index in [1.807, 2.05) is 36.4 Å². The van der Waals surface area contributed by atoms with Crippen molar-refractivity contribution in [3.8, 4) is 0 Å². The maximum Gasteiger partial charge on any atom is 0.118 e. The van der Waals surface area contributed by atoms with Gasteiger partial charge in [0, 0.05) is 22.8 Å². The fourth-order valence-electron chi connectivity index (χ4n) is 3.19. The third-order valence-corrected chi connectivity index (χ3v) is 4.99. The van der Waals surface area contributed by atoms with E-state index in [2.05, 4.69) is 57.3 Å². The van der Waals surface area contributed by atoms with E-state index in [0.717, 1.165) is 10.0 Å². The normalized spacial score (nSPS) is 13.2. The lowest BCUT2D eigenvalue weighted by Crippen LogP contribution is -2.08. The summed E-state index contributed by atoms with van der Waals surface area (Å²) in [6.45, 7) is 2.11. The van der Waals surface area contributed by atoms with Gasteiger partial charge >= 0.3 is 0 Å². The van der Waals surface area contributed by atoms with Gasteiger partial charge in [-0.25, -0.2) is 0 Å². The van der Waals surface area contributed by atoms with Gasteiger partial charge in [0.05, 0.1) is 0 Å². The van der Waals surface area contributed by atoms with E-state index in [0.29, 0.717) is 6.42 Å². The van der Waals surface area contributed by atoms with Crippen molar-refractivity contribution in [1.82, 2.24) is 4.98 Å². The molecule has 3 rings (SSSR count). The molecular weight excluding hydrogens is 376 g/mol. The zero-order valence-corrected chi connectivity index (χ0v) is 15.6. The Hall–Kier alpha value is -2.33. The van der Waals surface area contributed by atoms with Crippen LogP contribution in [0.25, 0.3) is 0 Å². The third kappa shape index (κ3) is 4.20. The van der Waals surface area contributed by atoms with E-state index >= 15 is 0 Å². The van der Waals surface area contributed by atoms with Crippen LogP contribution in [-0.4, -0.2) is 4.98 Å². The molecule has 0 radical (unpaired) electrons. The molecule has 0 spiro atoms. The Morgan fingerprint density at radius 3 is 2.44 bits per heavy atom. The monoisotopic (exact) mass is 394 g/mol. The number of rotatable bonds is 6. The van der Waals surface area contributed by atoms with Gasteiger partial charge in [-0.05, 0) is 59.9 Å². The molecule has 0 aliphatic rings. The Bertz CT molecular complexity index is 851. The molecule has 1 heterocycles. The van der Waals surface area contributed by atoms with Crippen molar-refractivity contribution in [2.75, 3.05) is 0 Å². The van der Waals surface area contributed by atoms with Crippen LogP contribution in [0.15, 0.2) is 82.7 Å². The second kappa shape index (κ2) is 8.17. The average molecular weight is 395 g/mol. The second-order valence-electron chi connectivity index (χ2n) is 6.10. The molecule has 2 atom stereocenters. The van der Waals surface area contributed by atoms with Gasteiger partial charge < -0.3 is 0 Å². The number of nitroso groups, excluding NO2 is 1. The van der Waals surface area contributed by atoms with Crippen molar-refractivity contribution >= 4 is 15.9 Å². The van der Waals surface area contributed by atoms with Crippen molar-refractivity contribution < 1.29 is 0 Å². The topological polar surface area (TPSA) is 42.3 Å². The molecule has 0 N–H and O–H groups in total. The first-order valence-electron chi connectivity index (χ1n) is 8.22. The Morgan fingerprint density at radius 2 is 1.76 bits per heavy atom. The molecule has 0 bridgehead atoms. The lowest BCUT2D eigenvalue weighted by atomic mass is 9.83. The lowest BCUT2D eigenvalue weighted by molar-refractivity contribution is 0.592. The van der Waals surface area contributed by atoms with Gasteiger partial charge in [0.25, 0.3) is 0 Å². The van der Waals surface area contributed by atoms with E-state index in [1.165, 1.54) is 16.7 Å². The van der Waals surface area contributed by atoms with Crippen LogP contribution in [0.3, 0.4) is 0 Å². The number of benzene rings is 2. The number of hydrogen-bond donors (Lipinski definition) is 0. The molecule has 0 aliphatic carbocycles. The predicted octanol–water partition coefficient (Wildman–Crippen LogP) is 6.18. The molecule has 0 fully saturated rings. The standard InChI is InChI=1S/C21H19BrN2O/c1-15-5-2-3-8-19(15)20(17-6-4-7-18(22)13-17)14-21(24-25)16-9-11-23-12-10-16/h2-13,20-21H,14H2,1H3.